The molecule has 3 aromatic rings. The molecule has 1 aliphatic heterocycles. The van der Waals surface area contributed by atoms with Crippen molar-refractivity contribution < 1.29 is 14.3 Å². The van der Waals surface area contributed by atoms with E-state index in [1.807, 2.05) is 51.9 Å². The van der Waals surface area contributed by atoms with Crippen LogP contribution in [0.1, 0.15) is 38.7 Å². The van der Waals surface area contributed by atoms with E-state index in [0.717, 1.165) is 40.6 Å². The average Bonchev–Trinajstić information content (AvgIpc) is 3.24. The van der Waals surface area contributed by atoms with Crippen LogP contribution in [0.25, 0.3) is 11.4 Å². The SMILES string of the molecule is C=CCn1c(SCC(=O)N2c3ccc(OC)cc3[C@@H](C)CC2(C)C)nnc1-c1ccc(OC)cc1. The van der Waals surface area contributed by atoms with Crippen LogP contribution in [0.15, 0.2) is 60.3 Å². The lowest BCUT2D eigenvalue weighted by Crippen LogP contribution is -2.52. The fourth-order valence-corrected chi connectivity index (χ4v) is 5.64. The summed E-state index contributed by atoms with van der Waals surface area (Å²) in [7, 11) is 3.30. The highest BCUT2D eigenvalue weighted by Crippen LogP contribution is 2.45. The van der Waals surface area contributed by atoms with Crippen molar-refractivity contribution in [2.75, 3.05) is 24.9 Å². The molecule has 1 aromatic heterocycles. The zero-order valence-corrected chi connectivity index (χ0v) is 21.8. The van der Waals surface area contributed by atoms with Gasteiger partial charge in [-0.25, -0.2) is 0 Å². The van der Waals surface area contributed by atoms with Gasteiger partial charge < -0.3 is 14.4 Å². The van der Waals surface area contributed by atoms with Gasteiger partial charge in [0.1, 0.15) is 11.5 Å². The molecule has 1 amide bonds. The first-order valence-corrected chi connectivity index (χ1v) is 12.6. The molecule has 1 atom stereocenters. The molecular weight excluding hydrogens is 460 g/mol. The van der Waals surface area contributed by atoms with E-state index < -0.39 is 0 Å². The number of methoxy groups -OCH3 is 2. The lowest BCUT2D eigenvalue weighted by atomic mass is 9.80. The molecule has 0 spiro atoms. The molecule has 35 heavy (non-hydrogen) atoms. The van der Waals surface area contributed by atoms with Gasteiger partial charge in [0, 0.05) is 23.3 Å². The third kappa shape index (κ3) is 4.93. The van der Waals surface area contributed by atoms with Gasteiger partial charge in [0.15, 0.2) is 11.0 Å². The fourth-order valence-electron chi connectivity index (χ4n) is 4.84. The molecule has 0 N–H and O–H groups in total. The Kier molecular flexibility index (Phi) is 7.21. The summed E-state index contributed by atoms with van der Waals surface area (Å²) in [6.07, 6.45) is 2.68. The minimum absolute atomic E-state index is 0.0393. The van der Waals surface area contributed by atoms with Crippen LogP contribution in [0.3, 0.4) is 0 Å². The van der Waals surface area contributed by atoms with Gasteiger partial charge in [0.25, 0.3) is 0 Å². The standard InChI is InChI=1S/C27H32N4O3S/c1-7-14-30-25(19-8-10-20(33-5)11-9-19)28-29-26(30)35-17-24(32)31-23-13-12-21(34-6)15-22(23)18(2)16-27(31,3)4/h7-13,15,18H,1,14,16-17H2,2-6H3/t18-/m0/s1. The third-order valence-corrected chi connectivity index (χ3v) is 7.32. The number of benzene rings is 2. The van der Waals surface area contributed by atoms with Crippen LogP contribution in [0.2, 0.25) is 0 Å². The summed E-state index contributed by atoms with van der Waals surface area (Å²) in [6, 6.07) is 13.6. The molecule has 0 unspecified atom stereocenters. The number of anilines is 1. The molecule has 4 rings (SSSR count). The fraction of sp³-hybridized carbons (Fsp3) is 0.370. The maximum atomic E-state index is 13.6. The van der Waals surface area contributed by atoms with Gasteiger partial charge in [-0.05, 0) is 74.2 Å². The number of aromatic nitrogens is 3. The Hall–Kier alpha value is -3.26. The molecule has 0 saturated heterocycles. The Morgan fingerprint density at radius 1 is 1.14 bits per heavy atom. The highest BCUT2D eigenvalue weighted by Gasteiger charge is 2.40. The summed E-state index contributed by atoms with van der Waals surface area (Å²) in [5.41, 5.74) is 2.71. The Morgan fingerprint density at radius 3 is 2.49 bits per heavy atom. The van der Waals surface area contributed by atoms with Crippen molar-refractivity contribution >= 4 is 23.4 Å². The predicted octanol–water partition coefficient (Wildman–Crippen LogP) is 5.56. The molecule has 0 bridgehead atoms. The van der Waals surface area contributed by atoms with Gasteiger partial charge in [0.2, 0.25) is 5.91 Å². The lowest BCUT2D eigenvalue weighted by molar-refractivity contribution is -0.117. The average molecular weight is 493 g/mol. The summed E-state index contributed by atoms with van der Waals surface area (Å²) < 4.78 is 12.7. The van der Waals surface area contributed by atoms with E-state index in [9.17, 15) is 4.79 Å². The number of ether oxygens (including phenoxy) is 2. The van der Waals surface area contributed by atoms with E-state index in [1.54, 1.807) is 20.3 Å². The van der Waals surface area contributed by atoms with Crippen molar-refractivity contribution in [1.29, 1.82) is 0 Å². The van der Waals surface area contributed by atoms with E-state index in [1.165, 1.54) is 11.8 Å². The summed E-state index contributed by atoms with van der Waals surface area (Å²) in [4.78, 5) is 15.5. The van der Waals surface area contributed by atoms with Crippen LogP contribution in [-0.2, 0) is 11.3 Å². The van der Waals surface area contributed by atoms with E-state index in [-0.39, 0.29) is 17.2 Å². The monoisotopic (exact) mass is 492 g/mol. The Labute approximate surface area is 211 Å². The Balaban J connectivity index is 1.59. The summed E-state index contributed by atoms with van der Waals surface area (Å²) in [5, 5.41) is 9.49. The topological polar surface area (TPSA) is 69.5 Å². The van der Waals surface area contributed by atoms with Crippen molar-refractivity contribution in [1.82, 2.24) is 14.8 Å². The zero-order chi connectivity index (χ0) is 25.2. The minimum Gasteiger partial charge on any atom is -0.497 e. The van der Waals surface area contributed by atoms with Crippen LogP contribution in [0, 0.1) is 0 Å². The summed E-state index contributed by atoms with van der Waals surface area (Å²) in [6.45, 7) is 10.9. The van der Waals surface area contributed by atoms with Crippen molar-refractivity contribution in [3.8, 4) is 22.9 Å². The number of carbonyl (C=O) groups excluding carboxylic acids is 1. The molecule has 7 nitrogen and oxygen atoms in total. The van der Waals surface area contributed by atoms with Gasteiger partial charge in [-0.15, -0.1) is 16.8 Å². The second kappa shape index (κ2) is 10.2. The Morgan fingerprint density at radius 2 is 1.83 bits per heavy atom. The number of nitrogens with zero attached hydrogens (tertiary/aromatic N) is 4. The van der Waals surface area contributed by atoms with Crippen molar-refractivity contribution in [2.24, 2.45) is 0 Å². The molecule has 0 saturated carbocycles. The maximum Gasteiger partial charge on any atom is 0.237 e. The van der Waals surface area contributed by atoms with Gasteiger partial charge >= 0.3 is 0 Å². The zero-order valence-electron chi connectivity index (χ0n) is 20.9. The first kappa shape index (κ1) is 24.9. The summed E-state index contributed by atoms with van der Waals surface area (Å²) >= 11 is 1.40. The molecule has 0 radical (unpaired) electrons. The maximum absolute atomic E-state index is 13.6. The van der Waals surface area contributed by atoms with Gasteiger partial charge in [-0.1, -0.05) is 24.8 Å². The van der Waals surface area contributed by atoms with E-state index in [2.05, 4.69) is 37.5 Å². The highest BCUT2D eigenvalue weighted by atomic mass is 32.2. The molecule has 0 aliphatic carbocycles. The van der Waals surface area contributed by atoms with Crippen molar-refractivity contribution in [3.63, 3.8) is 0 Å². The number of allylic oxidation sites excluding steroid dienone is 1. The number of thioether (sulfide) groups is 1. The van der Waals surface area contributed by atoms with Crippen LogP contribution < -0.4 is 14.4 Å². The third-order valence-electron chi connectivity index (χ3n) is 6.37. The van der Waals surface area contributed by atoms with E-state index >= 15 is 0 Å². The first-order chi connectivity index (χ1) is 16.8. The molecule has 2 aromatic carbocycles. The molecule has 8 heteroatoms. The molecule has 184 valence electrons. The predicted molar refractivity (Wildman–Crippen MR) is 141 cm³/mol. The van der Waals surface area contributed by atoms with Gasteiger partial charge in [0.05, 0.1) is 20.0 Å². The van der Waals surface area contributed by atoms with Crippen LogP contribution >= 0.6 is 11.8 Å². The number of hydrogen-bond donors (Lipinski definition) is 0. The number of hydrogen-bond acceptors (Lipinski definition) is 6. The number of amides is 1. The molecule has 1 aliphatic rings. The number of fused-ring (bicyclic) bond motifs is 1. The van der Waals surface area contributed by atoms with Crippen LogP contribution in [-0.4, -0.2) is 46.2 Å². The summed E-state index contributed by atoms with van der Waals surface area (Å²) in [5.74, 6) is 2.93. The van der Waals surface area contributed by atoms with E-state index in [4.69, 9.17) is 9.47 Å². The van der Waals surface area contributed by atoms with Crippen molar-refractivity contribution in [3.05, 3.63) is 60.7 Å². The minimum atomic E-state index is -0.304. The first-order valence-electron chi connectivity index (χ1n) is 11.6. The highest BCUT2D eigenvalue weighted by molar-refractivity contribution is 7.99. The lowest BCUT2D eigenvalue weighted by Gasteiger charge is -2.46. The normalized spacial score (nSPS) is 16.5. The quantitative estimate of drug-likeness (QED) is 0.303. The largest absolute Gasteiger partial charge is 0.497 e. The second-order valence-electron chi connectivity index (χ2n) is 9.29. The Bertz CT molecular complexity index is 1220. The van der Waals surface area contributed by atoms with Gasteiger partial charge in [-0.3, -0.25) is 9.36 Å². The number of carbonyl (C=O) groups is 1. The molecular formula is C27H32N4O3S. The molecule has 2 heterocycles. The van der Waals surface area contributed by atoms with Crippen LogP contribution in [0.4, 0.5) is 5.69 Å². The van der Waals surface area contributed by atoms with Crippen LogP contribution in [0.5, 0.6) is 11.5 Å². The van der Waals surface area contributed by atoms with E-state index in [0.29, 0.717) is 17.6 Å². The smallest absolute Gasteiger partial charge is 0.237 e. The number of rotatable bonds is 8. The van der Waals surface area contributed by atoms with Crippen molar-refractivity contribution in [2.45, 2.75) is 50.4 Å². The second-order valence-corrected chi connectivity index (χ2v) is 10.2. The molecule has 0 fully saturated rings. The van der Waals surface area contributed by atoms with Gasteiger partial charge in [-0.2, -0.15) is 0 Å².